The zero-order valence-electron chi connectivity index (χ0n) is 8.53. The summed E-state index contributed by atoms with van der Waals surface area (Å²) in [5.74, 6) is 0. The van der Waals surface area contributed by atoms with E-state index in [1.165, 1.54) is 12.1 Å². The van der Waals surface area contributed by atoms with Gasteiger partial charge >= 0.3 is 0 Å². The molecule has 1 aromatic heterocycles. The van der Waals surface area contributed by atoms with Gasteiger partial charge in [-0.05, 0) is 37.3 Å². The summed E-state index contributed by atoms with van der Waals surface area (Å²) in [6.07, 6.45) is 1.66. The molecule has 6 heteroatoms. The van der Waals surface area contributed by atoms with E-state index in [1.54, 1.807) is 23.0 Å². The number of hydrogen-bond donors (Lipinski definition) is 1. The fourth-order valence-corrected chi connectivity index (χ4v) is 1.88. The maximum Gasteiger partial charge on any atom is 0.294 e. The highest BCUT2D eigenvalue weighted by molar-refractivity contribution is 7.85. The normalized spacial score (nSPS) is 11.6. The van der Waals surface area contributed by atoms with Crippen molar-refractivity contribution in [3.05, 3.63) is 42.2 Å². The predicted octanol–water partition coefficient (Wildman–Crippen LogP) is 1.43. The number of aromatic nitrogens is 2. The number of benzene rings is 1. The zero-order chi connectivity index (χ0) is 11.8. The summed E-state index contributed by atoms with van der Waals surface area (Å²) < 4.78 is 32.2. The first-order valence-corrected chi connectivity index (χ1v) is 6.01. The van der Waals surface area contributed by atoms with Crippen LogP contribution in [-0.2, 0) is 10.1 Å². The van der Waals surface area contributed by atoms with Crippen LogP contribution in [-0.4, -0.2) is 22.8 Å². The van der Waals surface area contributed by atoms with Gasteiger partial charge in [0.1, 0.15) is 0 Å². The van der Waals surface area contributed by atoms with Crippen LogP contribution in [0.5, 0.6) is 0 Å². The molecule has 0 saturated heterocycles. The molecule has 0 fully saturated rings. The van der Waals surface area contributed by atoms with E-state index in [2.05, 4.69) is 5.10 Å². The van der Waals surface area contributed by atoms with Crippen molar-refractivity contribution in [1.29, 1.82) is 0 Å². The summed E-state index contributed by atoms with van der Waals surface area (Å²) in [4.78, 5) is -0.124. The van der Waals surface area contributed by atoms with Crippen molar-refractivity contribution in [2.45, 2.75) is 11.8 Å². The quantitative estimate of drug-likeness (QED) is 0.803. The Labute approximate surface area is 93.1 Å². The third-order valence-corrected chi connectivity index (χ3v) is 3.08. The first-order chi connectivity index (χ1) is 7.48. The van der Waals surface area contributed by atoms with Crippen LogP contribution in [0.2, 0.25) is 0 Å². The van der Waals surface area contributed by atoms with E-state index < -0.39 is 10.1 Å². The van der Waals surface area contributed by atoms with E-state index in [9.17, 15) is 8.42 Å². The Balaban J connectivity index is 2.45. The molecule has 0 aliphatic rings. The summed E-state index contributed by atoms with van der Waals surface area (Å²) in [5.41, 5.74) is 1.69. The second-order valence-corrected chi connectivity index (χ2v) is 4.77. The molecule has 0 unspecified atom stereocenters. The summed E-state index contributed by atoms with van der Waals surface area (Å²) in [6, 6.07) is 7.69. The SMILES string of the molecule is Cc1ccnn1-c1ccc(S(=O)(=O)O)cc1. The van der Waals surface area contributed by atoms with Crippen LogP contribution in [0.15, 0.2) is 41.4 Å². The molecule has 84 valence electrons. The molecule has 1 aromatic carbocycles. The fourth-order valence-electron chi connectivity index (χ4n) is 1.40. The van der Waals surface area contributed by atoms with E-state index >= 15 is 0 Å². The van der Waals surface area contributed by atoms with Crippen molar-refractivity contribution < 1.29 is 13.0 Å². The van der Waals surface area contributed by atoms with Crippen LogP contribution in [0.1, 0.15) is 5.69 Å². The predicted molar refractivity (Wildman–Crippen MR) is 58.1 cm³/mol. The molecule has 0 aliphatic heterocycles. The maximum absolute atomic E-state index is 10.8. The Bertz CT molecular complexity index is 599. The van der Waals surface area contributed by atoms with Gasteiger partial charge in [-0.1, -0.05) is 0 Å². The highest BCUT2D eigenvalue weighted by atomic mass is 32.2. The van der Waals surface area contributed by atoms with Crippen LogP contribution in [0.4, 0.5) is 0 Å². The molecule has 0 bridgehead atoms. The molecule has 2 aromatic rings. The minimum atomic E-state index is -4.13. The largest absolute Gasteiger partial charge is 0.294 e. The first kappa shape index (κ1) is 10.8. The monoisotopic (exact) mass is 238 g/mol. The maximum atomic E-state index is 10.8. The Hall–Kier alpha value is -1.66. The highest BCUT2D eigenvalue weighted by Crippen LogP contribution is 2.14. The molecule has 1 N–H and O–H groups in total. The van der Waals surface area contributed by atoms with E-state index in [4.69, 9.17) is 4.55 Å². The Kier molecular flexibility index (Phi) is 2.53. The molecule has 0 amide bonds. The van der Waals surface area contributed by atoms with Gasteiger partial charge in [-0.2, -0.15) is 13.5 Å². The number of hydrogen-bond acceptors (Lipinski definition) is 3. The Morgan fingerprint density at radius 3 is 2.25 bits per heavy atom. The van der Waals surface area contributed by atoms with Crippen LogP contribution in [0, 0.1) is 6.92 Å². The van der Waals surface area contributed by atoms with Crippen LogP contribution >= 0.6 is 0 Å². The van der Waals surface area contributed by atoms with Crippen LogP contribution in [0.3, 0.4) is 0 Å². The summed E-state index contributed by atoms with van der Waals surface area (Å²) in [7, 11) is -4.13. The number of aryl methyl sites for hydroxylation is 1. The molecule has 5 nitrogen and oxygen atoms in total. The molecule has 0 spiro atoms. The molecule has 0 radical (unpaired) electrons. The van der Waals surface area contributed by atoms with Crippen molar-refractivity contribution in [3.8, 4) is 5.69 Å². The molecule has 1 heterocycles. The Morgan fingerprint density at radius 1 is 1.19 bits per heavy atom. The van der Waals surface area contributed by atoms with Gasteiger partial charge in [-0.3, -0.25) is 4.55 Å². The molecular formula is C10H10N2O3S. The van der Waals surface area contributed by atoms with E-state index in [1.807, 2.05) is 13.0 Å². The van der Waals surface area contributed by atoms with Crippen molar-refractivity contribution >= 4 is 10.1 Å². The lowest BCUT2D eigenvalue weighted by atomic mass is 10.3. The van der Waals surface area contributed by atoms with Gasteiger partial charge in [0, 0.05) is 11.9 Å². The smallest absolute Gasteiger partial charge is 0.282 e. The van der Waals surface area contributed by atoms with Gasteiger partial charge in [-0.15, -0.1) is 0 Å². The molecule has 2 rings (SSSR count). The van der Waals surface area contributed by atoms with Gasteiger partial charge in [0.2, 0.25) is 0 Å². The minimum Gasteiger partial charge on any atom is -0.282 e. The van der Waals surface area contributed by atoms with Crippen molar-refractivity contribution in [2.75, 3.05) is 0 Å². The standard InChI is InChI=1S/C10H10N2O3S/c1-8-6-7-11-12(8)9-2-4-10(5-3-9)16(13,14)15/h2-7H,1H3,(H,13,14,15). The average molecular weight is 238 g/mol. The number of nitrogens with zero attached hydrogens (tertiary/aromatic N) is 2. The summed E-state index contributed by atoms with van der Waals surface area (Å²) >= 11 is 0. The third-order valence-electron chi connectivity index (χ3n) is 2.21. The molecule has 16 heavy (non-hydrogen) atoms. The van der Waals surface area contributed by atoms with Crippen LogP contribution < -0.4 is 0 Å². The Morgan fingerprint density at radius 2 is 1.81 bits per heavy atom. The highest BCUT2D eigenvalue weighted by Gasteiger charge is 2.09. The van der Waals surface area contributed by atoms with Gasteiger partial charge < -0.3 is 0 Å². The molecule has 0 atom stereocenters. The topological polar surface area (TPSA) is 72.2 Å². The lowest BCUT2D eigenvalue weighted by Gasteiger charge is -2.04. The average Bonchev–Trinajstić information content (AvgIpc) is 2.63. The second kappa shape index (κ2) is 3.73. The fraction of sp³-hybridized carbons (Fsp3) is 0.100. The molecule has 0 saturated carbocycles. The zero-order valence-corrected chi connectivity index (χ0v) is 9.35. The second-order valence-electron chi connectivity index (χ2n) is 3.35. The summed E-state index contributed by atoms with van der Waals surface area (Å²) in [6.45, 7) is 1.89. The number of rotatable bonds is 2. The first-order valence-electron chi connectivity index (χ1n) is 4.57. The summed E-state index contributed by atoms with van der Waals surface area (Å²) in [5, 5.41) is 4.08. The van der Waals surface area contributed by atoms with Gasteiger partial charge in [-0.25, -0.2) is 4.68 Å². The van der Waals surface area contributed by atoms with E-state index in [0.717, 1.165) is 11.4 Å². The third kappa shape index (κ3) is 1.98. The lowest BCUT2D eigenvalue weighted by Crippen LogP contribution is -2.01. The minimum absolute atomic E-state index is 0.124. The molecular weight excluding hydrogens is 228 g/mol. The van der Waals surface area contributed by atoms with E-state index in [0.29, 0.717) is 0 Å². The van der Waals surface area contributed by atoms with E-state index in [-0.39, 0.29) is 4.90 Å². The van der Waals surface area contributed by atoms with Crippen LogP contribution in [0.25, 0.3) is 5.69 Å². The van der Waals surface area contributed by atoms with Gasteiger partial charge in [0.25, 0.3) is 10.1 Å². The lowest BCUT2D eigenvalue weighted by molar-refractivity contribution is 0.483. The van der Waals surface area contributed by atoms with Gasteiger partial charge in [0.05, 0.1) is 10.6 Å². The van der Waals surface area contributed by atoms with Crippen molar-refractivity contribution in [2.24, 2.45) is 0 Å². The molecule has 0 aliphatic carbocycles. The van der Waals surface area contributed by atoms with Crippen molar-refractivity contribution in [1.82, 2.24) is 9.78 Å². The van der Waals surface area contributed by atoms with Gasteiger partial charge in [0.15, 0.2) is 0 Å². The van der Waals surface area contributed by atoms with Crippen molar-refractivity contribution in [3.63, 3.8) is 0 Å².